The maximum absolute atomic E-state index is 11.7. The van der Waals surface area contributed by atoms with E-state index in [1.165, 1.54) is 23.7 Å². The first-order chi connectivity index (χ1) is 4.74. The van der Waals surface area contributed by atoms with E-state index < -0.39 is 0 Å². The molecule has 0 amide bonds. The Hall–Kier alpha value is -0.470. The molecule has 0 aromatic heterocycles. The van der Waals surface area contributed by atoms with E-state index in [1.54, 1.807) is 0 Å². The standard InChI is InChI=1S/C6H4Cl2FN/c7-5-2-1-4(10-9)3-6(5)8/h1-3,10H. The Balaban J connectivity index is 3.04. The molecule has 1 aromatic carbocycles. The topological polar surface area (TPSA) is 12.0 Å². The van der Waals surface area contributed by atoms with Crippen molar-refractivity contribution in [3.63, 3.8) is 0 Å². The predicted octanol–water partition coefficient (Wildman–Crippen LogP) is 3.29. The third kappa shape index (κ3) is 1.52. The van der Waals surface area contributed by atoms with Gasteiger partial charge in [0.25, 0.3) is 0 Å². The second-order valence-electron chi connectivity index (χ2n) is 1.72. The van der Waals surface area contributed by atoms with Gasteiger partial charge in [0.1, 0.15) is 0 Å². The largest absolute Gasteiger partial charge is 0.225 e. The molecule has 1 N–H and O–H groups in total. The van der Waals surface area contributed by atoms with E-state index in [2.05, 4.69) is 0 Å². The lowest BCUT2D eigenvalue weighted by molar-refractivity contribution is 0.618. The van der Waals surface area contributed by atoms with Crippen LogP contribution in [-0.2, 0) is 0 Å². The molecular formula is C6H4Cl2FN. The Morgan fingerprint density at radius 2 is 1.90 bits per heavy atom. The van der Waals surface area contributed by atoms with E-state index in [9.17, 15) is 4.48 Å². The van der Waals surface area contributed by atoms with Crippen LogP contribution in [-0.4, -0.2) is 0 Å². The lowest BCUT2D eigenvalue weighted by Gasteiger charge is -1.97. The van der Waals surface area contributed by atoms with E-state index in [1.807, 2.05) is 0 Å². The van der Waals surface area contributed by atoms with Crippen LogP contribution in [0.15, 0.2) is 18.2 Å². The minimum atomic E-state index is 0.300. The van der Waals surface area contributed by atoms with Gasteiger partial charge in [-0.1, -0.05) is 23.2 Å². The van der Waals surface area contributed by atoms with Crippen molar-refractivity contribution in [3.05, 3.63) is 28.2 Å². The van der Waals surface area contributed by atoms with Gasteiger partial charge in [0.15, 0.2) is 0 Å². The smallest absolute Gasteiger partial charge is 0.0671 e. The van der Waals surface area contributed by atoms with Crippen LogP contribution in [0.4, 0.5) is 10.2 Å². The number of anilines is 1. The van der Waals surface area contributed by atoms with Crippen molar-refractivity contribution in [1.82, 2.24) is 0 Å². The number of rotatable bonds is 1. The molecule has 0 bridgehead atoms. The molecular weight excluding hydrogens is 176 g/mol. The molecule has 0 saturated carbocycles. The number of nitrogens with one attached hydrogen (secondary N) is 1. The van der Waals surface area contributed by atoms with Gasteiger partial charge >= 0.3 is 0 Å². The van der Waals surface area contributed by atoms with Gasteiger partial charge in [-0.15, -0.1) is 4.48 Å². The van der Waals surface area contributed by atoms with Gasteiger partial charge in [-0.3, -0.25) is 0 Å². The van der Waals surface area contributed by atoms with Gasteiger partial charge in [-0.2, -0.15) is 0 Å². The van der Waals surface area contributed by atoms with E-state index >= 15 is 0 Å². The minimum absolute atomic E-state index is 0.300. The van der Waals surface area contributed by atoms with Crippen molar-refractivity contribution in [1.29, 1.82) is 0 Å². The fraction of sp³-hybridized carbons (Fsp3) is 0. The summed E-state index contributed by atoms with van der Waals surface area (Å²) in [7, 11) is 0. The van der Waals surface area contributed by atoms with E-state index in [0.29, 0.717) is 15.7 Å². The minimum Gasteiger partial charge on any atom is -0.225 e. The summed E-state index contributed by atoms with van der Waals surface area (Å²) < 4.78 is 11.7. The Morgan fingerprint density at radius 3 is 2.40 bits per heavy atom. The fourth-order valence-corrected chi connectivity index (χ4v) is 0.853. The molecule has 1 aromatic rings. The maximum atomic E-state index is 11.7. The van der Waals surface area contributed by atoms with Crippen LogP contribution in [0, 0.1) is 0 Å². The highest BCUT2D eigenvalue weighted by Crippen LogP contribution is 2.24. The molecule has 0 aliphatic rings. The zero-order valence-electron chi connectivity index (χ0n) is 4.87. The molecule has 0 radical (unpaired) electrons. The molecule has 10 heavy (non-hydrogen) atoms. The first-order valence-corrected chi connectivity index (χ1v) is 3.31. The Morgan fingerprint density at radius 1 is 1.20 bits per heavy atom. The number of halogens is 3. The van der Waals surface area contributed by atoms with Gasteiger partial charge in [-0.25, -0.2) is 5.54 Å². The molecule has 0 spiro atoms. The van der Waals surface area contributed by atoms with Crippen LogP contribution >= 0.6 is 23.2 Å². The average molecular weight is 180 g/mol. The van der Waals surface area contributed by atoms with Crippen molar-refractivity contribution in [3.8, 4) is 0 Å². The summed E-state index contributed by atoms with van der Waals surface area (Å²) >= 11 is 11.1. The zero-order valence-corrected chi connectivity index (χ0v) is 6.38. The Bertz CT molecular complexity index is 239. The molecule has 0 heterocycles. The third-order valence-electron chi connectivity index (χ3n) is 1.03. The summed E-state index contributed by atoms with van der Waals surface area (Å²) in [6, 6.07) is 4.42. The summed E-state index contributed by atoms with van der Waals surface area (Å²) in [6.07, 6.45) is 0. The summed E-state index contributed by atoms with van der Waals surface area (Å²) in [5.74, 6) is 0. The normalized spacial score (nSPS) is 9.50. The second-order valence-corrected chi connectivity index (χ2v) is 2.54. The van der Waals surface area contributed by atoms with Crippen LogP contribution < -0.4 is 5.54 Å². The van der Waals surface area contributed by atoms with Gasteiger partial charge in [0.2, 0.25) is 0 Å². The molecule has 0 saturated heterocycles. The quantitative estimate of drug-likeness (QED) is 0.653. The van der Waals surface area contributed by atoms with E-state index in [-0.39, 0.29) is 0 Å². The van der Waals surface area contributed by atoms with Gasteiger partial charge in [0.05, 0.1) is 15.7 Å². The molecule has 1 nitrogen and oxygen atoms in total. The first kappa shape index (κ1) is 7.63. The summed E-state index contributed by atoms with van der Waals surface area (Å²) in [4.78, 5) is 0. The SMILES string of the molecule is FNc1ccc(Cl)c(Cl)c1. The van der Waals surface area contributed by atoms with Crippen LogP contribution in [0.2, 0.25) is 10.0 Å². The lowest BCUT2D eigenvalue weighted by atomic mass is 10.3. The molecule has 0 atom stereocenters. The van der Waals surface area contributed by atoms with Crippen molar-refractivity contribution >= 4 is 28.9 Å². The number of benzene rings is 1. The molecule has 1 rings (SSSR count). The first-order valence-electron chi connectivity index (χ1n) is 2.55. The highest BCUT2D eigenvalue weighted by atomic mass is 35.5. The summed E-state index contributed by atoms with van der Waals surface area (Å²) in [6.45, 7) is 0. The molecule has 0 fully saturated rings. The van der Waals surface area contributed by atoms with Gasteiger partial charge in [-0.05, 0) is 18.2 Å². The Labute approximate surface area is 67.7 Å². The van der Waals surface area contributed by atoms with Crippen LogP contribution in [0.3, 0.4) is 0 Å². The third-order valence-corrected chi connectivity index (χ3v) is 1.77. The van der Waals surface area contributed by atoms with Crippen LogP contribution in [0.25, 0.3) is 0 Å². The summed E-state index contributed by atoms with van der Waals surface area (Å²) in [5, 5.41) is 0.755. The highest BCUT2D eigenvalue weighted by Gasteiger charge is 1.97. The van der Waals surface area contributed by atoms with Gasteiger partial charge < -0.3 is 0 Å². The number of hydrogen-bond acceptors (Lipinski definition) is 1. The lowest BCUT2D eigenvalue weighted by Crippen LogP contribution is -1.80. The average Bonchev–Trinajstić information content (AvgIpc) is 1.95. The van der Waals surface area contributed by atoms with Crippen molar-refractivity contribution < 1.29 is 4.48 Å². The Kier molecular flexibility index (Phi) is 2.35. The molecule has 0 aliphatic heterocycles. The maximum Gasteiger partial charge on any atom is 0.0671 e. The van der Waals surface area contributed by atoms with E-state index in [4.69, 9.17) is 23.2 Å². The van der Waals surface area contributed by atoms with Crippen molar-refractivity contribution in [2.45, 2.75) is 0 Å². The molecule has 0 unspecified atom stereocenters. The monoisotopic (exact) mass is 179 g/mol. The predicted molar refractivity (Wildman–Crippen MR) is 41.2 cm³/mol. The fourth-order valence-electron chi connectivity index (χ4n) is 0.555. The van der Waals surface area contributed by atoms with E-state index in [0.717, 1.165) is 0 Å². The van der Waals surface area contributed by atoms with Crippen molar-refractivity contribution in [2.75, 3.05) is 5.54 Å². The molecule has 0 aliphatic carbocycles. The highest BCUT2D eigenvalue weighted by molar-refractivity contribution is 6.42. The van der Waals surface area contributed by atoms with Crippen molar-refractivity contribution in [2.24, 2.45) is 0 Å². The molecule has 4 heteroatoms. The summed E-state index contributed by atoms with van der Waals surface area (Å²) in [5.41, 5.74) is 1.75. The van der Waals surface area contributed by atoms with Crippen LogP contribution in [0.5, 0.6) is 0 Å². The zero-order chi connectivity index (χ0) is 7.56. The number of hydrogen-bond donors (Lipinski definition) is 1. The molecule has 54 valence electrons. The van der Waals surface area contributed by atoms with Gasteiger partial charge in [0, 0.05) is 0 Å². The van der Waals surface area contributed by atoms with Crippen LogP contribution in [0.1, 0.15) is 0 Å². The second kappa shape index (κ2) is 3.08.